The molecular weight excluding hydrogens is 479 g/mol. The fourth-order valence-corrected chi connectivity index (χ4v) is 9.37. The fourth-order valence-electron chi connectivity index (χ4n) is 8.79. The predicted molar refractivity (Wildman–Crippen MR) is 139 cm³/mol. The third kappa shape index (κ3) is 3.77. The molecule has 3 saturated carbocycles. The maximum atomic E-state index is 13.6. The average Bonchev–Trinajstić information content (AvgIpc) is 3.20. The van der Waals surface area contributed by atoms with Crippen molar-refractivity contribution in [1.29, 1.82) is 5.26 Å². The number of rotatable bonds is 2. The lowest BCUT2D eigenvalue weighted by Gasteiger charge is -2.59. The number of carbonyl (C=O) groups is 2. The largest absolute Gasteiger partial charge is 0.323 e. The van der Waals surface area contributed by atoms with Crippen LogP contribution in [0.4, 0.5) is 5.69 Å². The molecule has 0 aliphatic heterocycles. The Labute approximate surface area is 218 Å². The molecule has 6 heteroatoms. The van der Waals surface area contributed by atoms with Crippen LogP contribution in [-0.4, -0.2) is 11.7 Å². The van der Waals surface area contributed by atoms with Crippen LogP contribution in [0.25, 0.3) is 0 Å². The molecule has 0 radical (unpaired) electrons. The first-order valence-electron chi connectivity index (χ1n) is 12.9. The van der Waals surface area contributed by atoms with Crippen molar-refractivity contribution < 1.29 is 9.59 Å². The maximum absolute atomic E-state index is 13.6. The highest BCUT2D eigenvalue weighted by Gasteiger charge is 2.60. The molecule has 0 heterocycles. The Balaban J connectivity index is 1.48. The van der Waals surface area contributed by atoms with E-state index in [0.29, 0.717) is 29.2 Å². The summed E-state index contributed by atoms with van der Waals surface area (Å²) in [7, 11) is 0. The van der Waals surface area contributed by atoms with Gasteiger partial charge in [0.1, 0.15) is 0 Å². The second-order valence-corrected chi connectivity index (χ2v) is 12.9. The van der Waals surface area contributed by atoms with Crippen molar-refractivity contribution in [2.45, 2.75) is 72.6 Å². The summed E-state index contributed by atoms with van der Waals surface area (Å²) in [5.41, 5.74) is 3.55. The summed E-state index contributed by atoms with van der Waals surface area (Å²) >= 11 is 12.7. The number of anilines is 1. The van der Waals surface area contributed by atoms with Gasteiger partial charge in [0, 0.05) is 5.92 Å². The Hall–Kier alpha value is -1.83. The number of hydrogen-bond acceptors (Lipinski definition) is 3. The molecule has 4 aliphatic rings. The highest BCUT2D eigenvalue weighted by Crippen LogP contribution is 2.66. The minimum atomic E-state index is -0.745. The minimum absolute atomic E-state index is 0.0184. The van der Waals surface area contributed by atoms with Gasteiger partial charge >= 0.3 is 0 Å². The summed E-state index contributed by atoms with van der Waals surface area (Å²) in [4.78, 5) is 27.1. The van der Waals surface area contributed by atoms with Crippen molar-refractivity contribution in [3.8, 4) is 6.07 Å². The van der Waals surface area contributed by atoms with E-state index in [-0.39, 0.29) is 38.8 Å². The van der Waals surface area contributed by atoms with Gasteiger partial charge in [-0.3, -0.25) is 9.59 Å². The van der Waals surface area contributed by atoms with Crippen LogP contribution in [0.5, 0.6) is 0 Å². The first-order chi connectivity index (χ1) is 16.5. The fraction of sp³-hybridized carbons (Fsp3) is 0.621. The standard InChI is InChI=1S/C29H34Cl2N2O2/c1-15-10-18-20-6-5-8-28(20,3)9-7-21(18)29(4)13-19(26(34)16(2)24(15)29)27(35)33-25-22(30)11-17(14-32)12-23(25)31/h11-12,16,18-21H,5-10,13H2,1-4H3,(H,33,35)/t16?,18-,19?,20-,21+,28-,29+/m0/s1. The van der Waals surface area contributed by atoms with E-state index >= 15 is 0 Å². The Morgan fingerprint density at radius 2 is 1.83 bits per heavy atom. The third-order valence-electron chi connectivity index (χ3n) is 10.2. The van der Waals surface area contributed by atoms with Crippen molar-refractivity contribution in [3.63, 3.8) is 0 Å². The molecular formula is C29H34Cl2N2O2. The van der Waals surface area contributed by atoms with Crippen LogP contribution in [0.3, 0.4) is 0 Å². The number of Topliss-reactive ketones (excluding diaryl/α,β-unsaturated/α-hetero) is 1. The first kappa shape index (κ1) is 24.8. The molecule has 4 aliphatic carbocycles. The van der Waals surface area contributed by atoms with Crippen LogP contribution in [0.2, 0.25) is 10.0 Å². The molecule has 0 bridgehead atoms. The molecule has 0 aromatic heterocycles. The number of ketones is 1. The van der Waals surface area contributed by atoms with Gasteiger partial charge in [-0.1, -0.05) is 61.5 Å². The van der Waals surface area contributed by atoms with Gasteiger partial charge in [0.2, 0.25) is 5.91 Å². The van der Waals surface area contributed by atoms with Crippen LogP contribution in [0.1, 0.15) is 78.2 Å². The molecule has 186 valence electrons. The summed E-state index contributed by atoms with van der Waals surface area (Å²) in [5, 5.41) is 12.4. The number of carbonyl (C=O) groups excluding carboxylic acids is 2. The van der Waals surface area contributed by atoms with Crippen LogP contribution >= 0.6 is 23.2 Å². The number of allylic oxidation sites excluding steroid dienone is 2. The van der Waals surface area contributed by atoms with E-state index in [0.717, 1.165) is 12.3 Å². The summed E-state index contributed by atoms with van der Waals surface area (Å²) in [5.74, 6) is 0.499. The summed E-state index contributed by atoms with van der Waals surface area (Å²) < 4.78 is 0. The van der Waals surface area contributed by atoms with Crippen molar-refractivity contribution in [1.82, 2.24) is 0 Å². The highest BCUT2D eigenvalue weighted by atomic mass is 35.5. The lowest BCUT2D eigenvalue weighted by atomic mass is 9.45. The average molecular weight is 514 g/mol. The van der Waals surface area contributed by atoms with Crippen molar-refractivity contribution in [3.05, 3.63) is 38.9 Å². The van der Waals surface area contributed by atoms with Gasteiger partial charge < -0.3 is 5.32 Å². The normalized spacial score (nSPS) is 38.3. The molecule has 1 N–H and O–H groups in total. The zero-order chi connectivity index (χ0) is 25.3. The molecule has 0 saturated heterocycles. The van der Waals surface area contributed by atoms with Gasteiger partial charge in [-0.05, 0) is 86.2 Å². The Bertz CT molecular complexity index is 1160. The third-order valence-corrected chi connectivity index (χ3v) is 10.8. The summed E-state index contributed by atoms with van der Waals surface area (Å²) in [6.07, 6.45) is 8.02. The monoisotopic (exact) mass is 512 g/mol. The van der Waals surface area contributed by atoms with Crippen molar-refractivity contribution in [2.75, 3.05) is 5.32 Å². The molecule has 1 aromatic rings. The van der Waals surface area contributed by atoms with Crippen LogP contribution in [0.15, 0.2) is 23.3 Å². The van der Waals surface area contributed by atoms with Gasteiger partial charge in [0.05, 0.1) is 33.3 Å². The molecule has 3 fully saturated rings. The number of fused-ring (bicyclic) bond motifs is 5. The maximum Gasteiger partial charge on any atom is 0.235 e. The second-order valence-electron chi connectivity index (χ2n) is 12.1. The van der Waals surface area contributed by atoms with E-state index in [2.05, 4.69) is 26.1 Å². The number of halogens is 2. The topological polar surface area (TPSA) is 70.0 Å². The van der Waals surface area contributed by atoms with Gasteiger partial charge in [0.15, 0.2) is 5.78 Å². The molecule has 7 atom stereocenters. The van der Waals surface area contributed by atoms with Crippen molar-refractivity contribution >= 4 is 40.6 Å². The number of nitrogens with one attached hydrogen (secondary N) is 1. The number of benzene rings is 1. The van der Waals surface area contributed by atoms with E-state index in [1.54, 1.807) is 0 Å². The van der Waals surface area contributed by atoms with E-state index in [4.69, 9.17) is 28.5 Å². The van der Waals surface area contributed by atoms with Crippen LogP contribution in [0, 0.1) is 51.8 Å². The van der Waals surface area contributed by atoms with E-state index in [1.165, 1.54) is 55.4 Å². The predicted octanol–water partition coefficient (Wildman–Crippen LogP) is 7.59. The van der Waals surface area contributed by atoms with Gasteiger partial charge in [-0.25, -0.2) is 0 Å². The summed E-state index contributed by atoms with van der Waals surface area (Å²) in [6.45, 7) is 9.03. The van der Waals surface area contributed by atoms with E-state index < -0.39 is 5.92 Å². The SMILES string of the molecule is CC1=C2C(C)C(=O)C(C(=O)Nc3c(Cl)cc(C#N)cc3Cl)C[C@]2(C)[C@@H]2CC[C@]3(C)CCC[C@H]3[C@@H]2C1. The quantitative estimate of drug-likeness (QED) is 0.327. The molecule has 1 amide bonds. The smallest absolute Gasteiger partial charge is 0.235 e. The molecule has 4 nitrogen and oxygen atoms in total. The second kappa shape index (κ2) is 8.63. The van der Waals surface area contributed by atoms with E-state index in [9.17, 15) is 9.59 Å². The lowest BCUT2D eigenvalue weighted by Crippen LogP contribution is -2.54. The number of amides is 1. The highest BCUT2D eigenvalue weighted by molar-refractivity contribution is 6.40. The van der Waals surface area contributed by atoms with Crippen LogP contribution < -0.4 is 5.32 Å². The summed E-state index contributed by atoms with van der Waals surface area (Å²) in [6, 6.07) is 4.97. The molecule has 1 aromatic carbocycles. The lowest BCUT2D eigenvalue weighted by molar-refractivity contribution is -0.139. The Kier molecular flexibility index (Phi) is 6.13. The van der Waals surface area contributed by atoms with Crippen LogP contribution in [-0.2, 0) is 9.59 Å². The Morgan fingerprint density at radius 1 is 1.14 bits per heavy atom. The molecule has 2 unspecified atom stereocenters. The van der Waals surface area contributed by atoms with Gasteiger partial charge in [-0.15, -0.1) is 0 Å². The molecule has 35 heavy (non-hydrogen) atoms. The first-order valence-corrected chi connectivity index (χ1v) is 13.7. The number of nitrogens with zero attached hydrogens (tertiary/aromatic N) is 1. The zero-order valence-electron chi connectivity index (χ0n) is 21.0. The van der Waals surface area contributed by atoms with Crippen molar-refractivity contribution in [2.24, 2.45) is 40.4 Å². The van der Waals surface area contributed by atoms with Gasteiger partial charge in [0.25, 0.3) is 0 Å². The van der Waals surface area contributed by atoms with Gasteiger partial charge in [-0.2, -0.15) is 5.26 Å². The molecule has 0 spiro atoms. The molecule has 5 rings (SSSR count). The minimum Gasteiger partial charge on any atom is -0.323 e. The zero-order valence-corrected chi connectivity index (χ0v) is 22.5. The number of nitriles is 1. The number of hydrogen-bond donors (Lipinski definition) is 1. The Morgan fingerprint density at radius 3 is 2.49 bits per heavy atom. The van der Waals surface area contributed by atoms with E-state index in [1.807, 2.05) is 13.0 Å².